The molecule has 33 heavy (non-hydrogen) atoms. The van der Waals surface area contributed by atoms with Gasteiger partial charge in [-0.2, -0.15) is 5.10 Å². The summed E-state index contributed by atoms with van der Waals surface area (Å²) >= 11 is 0. The lowest BCUT2D eigenvalue weighted by Crippen LogP contribution is -2.43. The van der Waals surface area contributed by atoms with E-state index in [0.29, 0.717) is 12.4 Å². The quantitative estimate of drug-likeness (QED) is 0.498. The molecule has 2 heterocycles. The fraction of sp³-hybridized carbons (Fsp3) is 0.346. The first-order valence-electron chi connectivity index (χ1n) is 11.4. The first kappa shape index (κ1) is 21.2. The maximum absolute atomic E-state index is 13.4. The van der Waals surface area contributed by atoms with Crippen molar-refractivity contribution in [2.45, 2.75) is 52.1 Å². The molecule has 3 aromatic rings. The van der Waals surface area contributed by atoms with E-state index in [2.05, 4.69) is 20.8 Å². The molecular formula is C26H29N5O2. The number of fused-ring (bicyclic) bond motifs is 1. The van der Waals surface area contributed by atoms with Gasteiger partial charge in [-0.05, 0) is 38.3 Å². The molecule has 1 aliphatic heterocycles. The number of urea groups is 1. The molecule has 0 spiro atoms. The average Bonchev–Trinajstić information content (AvgIpc) is 3.31. The van der Waals surface area contributed by atoms with Crippen molar-refractivity contribution < 1.29 is 9.59 Å². The van der Waals surface area contributed by atoms with E-state index in [0.717, 1.165) is 47.3 Å². The van der Waals surface area contributed by atoms with Crippen molar-refractivity contribution in [3.63, 3.8) is 0 Å². The smallest absolute Gasteiger partial charge is 0.309 e. The number of aromatic amines is 1. The number of carbonyl (C=O) groups is 2. The maximum Gasteiger partial charge on any atom is 0.322 e. The molecule has 7 heteroatoms. The van der Waals surface area contributed by atoms with E-state index < -0.39 is 5.54 Å². The number of amides is 3. The van der Waals surface area contributed by atoms with Crippen molar-refractivity contribution in [1.82, 2.24) is 15.1 Å². The summed E-state index contributed by atoms with van der Waals surface area (Å²) in [6, 6.07) is 17.6. The van der Waals surface area contributed by atoms with Crippen LogP contribution in [0.1, 0.15) is 51.3 Å². The molecule has 1 aromatic heterocycles. The van der Waals surface area contributed by atoms with Gasteiger partial charge in [-0.1, -0.05) is 61.9 Å². The lowest BCUT2D eigenvalue weighted by Gasteiger charge is -2.36. The SMILES string of the molecule is CC1(C(=O)Nc2n[nH]c3c2CN(C(=O)Nc2ccccc2-c2ccccc2)C3(C)C)CCC1. The Morgan fingerprint density at radius 2 is 1.67 bits per heavy atom. The fourth-order valence-corrected chi connectivity index (χ4v) is 4.78. The highest BCUT2D eigenvalue weighted by Gasteiger charge is 2.45. The molecule has 2 aliphatic rings. The van der Waals surface area contributed by atoms with Gasteiger partial charge in [-0.3, -0.25) is 9.89 Å². The molecule has 3 N–H and O–H groups in total. The minimum Gasteiger partial charge on any atom is -0.309 e. The van der Waals surface area contributed by atoms with Gasteiger partial charge >= 0.3 is 6.03 Å². The van der Waals surface area contributed by atoms with Crippen molar-refractivity contribution in [3.8, 4) is 11.1 Å². The van der Waals surface area contributed by atoms with Crippen LogP contribution >= 0.6 is 0 Å². The fourth-order valence-electron chi connectivity index (χ4n) is 4.78. The molecule has 0 unspecified atom stereocenters. The highest BCUT2D eigenvalue weighted by Crippen LogP contribution is 2.44. The minimum atomic E-state index is -0.600. The molecule has 170 valence electrons. The van der Waals surface area contributed by atoms with Crippen LogP contribution in [0.3, 0.4) is 0 Å². The summed E-state index contributed by atoms with van der Waals surface area (Å²) in [7, 11) is 0. The standard InChI is InChI=1S/C26H29N5O2/c1-25(2)21-19(22(30-29-21)28-23(32)26(3)14-9-15-26)16-31(25)24(33)27-20-13-8-7-12-18(20)17-10-5-4-6-11-17/h4-8,10-13H,9,14-16H2,1-3H3,(H,27,33)(H2,28,29,30,32). The number of rotatable bonds is 4. The van der Waals surface area contributed by atoms with Gasteiger partial charge in [-0.25, -0.2) is 4.79 Å². The van der Waals surface area contributed by atoms with Crippen LogP contribution in [0.15, 0.2) is 54.6 Å². The van der Waals surface area contributed by atoms with Crippen LogP contribution < -0.4 is 10.6 Å². The first-order chi connectivity index (χ1) is 15.8. The number of hydrogen-bond donors (Lipinski definition) is 3. The number of hydrogen-bond acceptors (Lipinski definition) is 3. The minimum absolute atomic E-state index is 0.000506. The number of H-pyrrole nitrogens is 1. The predicted molar refractivity (Wildman–Crippen MR) is 129 cm³/mol. The largest absolute Gasteiger partial charge is 0.322 e. The number of para-hydroxylation sites is 1. The van der Waals surface area contributed by atoms with E-state index in [1.54, 1.807) is 4.90 Å². The number of anilines is 2. The zero-order chi connectivity index (χ0) is 23.2. The molecule has 0 saturated heterocycles. The Hall–Kier alpha value is -3.61. The Labute approximate surface area is 193 Å². The Morgan fingerprint density at radius 1 is 0.970 bits per heavy atom. The molecule has 7 nitrogen and oxygen atoms in total. The third-order valence-electron chi connectivity index (χ3n) is 7.21. The summed E-state index contributed by atoms with van der Waals surface area (Å²) in [6.07, 6.45) is 2.87. The highest BCUT2D eigenvalue weighted by molar-refractivity contribution is 5.97. The third-order valence-corrected chi connectivity index (χ3v) is 7.21. The van der Waals surface area contributed by atoms with E-state index in [4.69, 9.17) is 0 Å². The zero-order valence-corrected chi connectivity index (χ0v) is 19.2. The average molecular weight is 444 g/mol. The summed E-state index contributed by atoms with van der Waals surface area (Å²) in [6.45, 7) is 6.33. The molecule has 0 bridgehead atoms. The summed E-state index contributed by atoms with van der Waals surface area (Å²) in [5.41, 5.74) is 3.55. The lowest BCUT2D eigenvalue weighted by atomic mass is 9.70. The van der Waals surface area contributed by atoms with Crippen LogP contribution in [0.25, 0.3) is 11.1 Å². The number of benzene rings is 2. The van der Waals surface area contributed by atoms with E-state index in [1.807, 2.05) is 75.4 Å². The Morgan fingerprint density at radius 3 is 2.36 bits per heavy atom. The van der Waals surface area contributed by atoms with Gasteiger partial charge in [0.25, 0.3) is 0 Å². The van der Waals surface area contributed by atoms with Crippen molar-refractivity contribution in [1.29, 1.82) is 0 Å². The third kappa shape index (κ3) is 3.57. The second-order valence-corrected chi connectivity index (χ2v) is 9.78. The summed E-state index contributed by atoms with van der Waals surface area (Å²) in [5.74, 6) is 0.525. The van der Waals surface area contributed by atoms with Crippen molar-refractivity contribution in [2.24, 2.45) is 5.41 Å². The normalized spacial score (nSPS) is 17.7. The van der Waals surface area contributed by atoms with Crippen LogP contribution in [0.5, 0.6) is 0 Å². The van der Waals surface area contributed by atoms with Gasteiger partial charge in [-0.15, -0.1) is 0 Å². The Balaban J connectivity index is 1.37. The van der Waals surface area contributed by atoms with Crippen molar-refractivity contribution in [2.75, 3.05) is 10.6 Å². The molecule has 3 amide bonds. The maximum atomic E-state index is 13.4. The van der Waals surface area contributed by atoms with E-state index in [1.165, 1.54) is 0 Å². The molecule has 0 atom stereocenters. The number of nitrogens with one attached hydrogen (secondary N) is 3. The van der Waals surface area contributed by atoms with Crippen LogP contribution in [0, 0.1) is 5.41 Å². The zero-order valence-electron chi connectivity index (χ0n) is 19.2. The second-order valence-electron chi connectivity index (χ2n) is 9.78. The molecule has 1 saturated carbocycles. The second kappa shape index (κ2) is 7.76. The highest BCUT2D eigenvalue weighted by atomic mass is 16.2. The Bertz CT molecular complexity index is 1210. The van der Waals surface area contributed by atoms with E-state index in [9.17, 15) is 9.59 Å². The molecule has 5 rings (SSSR count). The van der Waals surface area contributed by atoms with E-state index >= 15 is 0 Å². The van der Waals surface area contributed by atoms with Gasteiger partial charge in [0.05, 0.1) is 23.5 Å². The Kier molecular flexibility index (Phi) is 5.00. The van der Waals surface area contributed by atoms with Crippen LogP contribution in [-0.2, 0) is 16.9 Å². The monoisotopic (exact) mass is 443 g/mol. The van der Waals surface area contributed by atoms with Gasteiger partial charge in [0, 0.05) is 16.5 Å². The summed E-state index contributed by atoms with van der Waals surface area (Å²) in [5, 5.41) is 13.5. The van der Waals surface area contributed by atoms with Gasteiger partial charge < -0.3 is 15.5 Å². The molecule has 2 aromatic carbocycles. The summed E-state index contributed by atoms with van der Waals surface area (Å²) < 4.78 is 0. The number of aromatic nitrogens is 2. The van der Waals surface area contributed by atoms with Crippen LogP contribution in [0.4, 0.5) is 16.3 Å². The molecule has 0 radical (unpaired) electrons. The molecular weight excluding hydrogens is 414 g/mol. The number of nitrogens with zero attached hydrogens (tertiary/aromatic N) is 2. The summed E-state index contributed by atoms with van der Waals surface area (Å²) in [4.78, 5) is 27.9. The van der Waals surface area contributed by atoms with Gasteiger partial charge in [0.15, 0.2) is 5.82 Å². The molecule has 1 fully saturated rings. The van der Waals surface area contributed by atoms with Gasteiger partial charge in [0.2, 0.25) is 5.91 Å². The van der Waals surface area contributed by atoms with E-state index in [-0.39, 0.29) is 17.4 Å². The number of carbonyl (C=O) groups excluding carboxylic acids is 2. The van der Waals surface area contributed by atoms with Crippen LogP contribution in [0.2, 0.25) is 0 Å². The van der Waals surface area contributed by atoms with Gasteiger partial charge in [0.1, 0.15) is 0 Å². The molecule has 1 aliphatic carbocycles. The lowest BCUT2D eigenvalue weighted by molar-refractivity contribution is -0.128. The first-order valence-corrected chi connectivity index (χ1v) is 11.4. The topological polar surface area (TPSA) is 90.1 Å². The van der Waals surface area contributed by atoms with Crippen LogP contribution in [-0.4, -0.2) is 27.0 Å². The predicted octanol–water partition coefficient (Wildman–Crippen LogP) is 5.49. The van der Waals surface area contributed by atoms with Crippen molar-refractivity contribution in [3.05, 3.63) is 65.9 Å². The van der Waals surface area contributed by atoms with Crippen molar-refractivity contribution >= 4 is 23.4 Å².